The van der Waals surface area contributed by atoms with Gasteiger partial charge in [0.05, 0.1) is 0 Å². The second kappa shape index (κ2) is 8.76. The molecule has 30 heavy (non-hydrogen) atoms. The Morgan fingerprint density at radius 3 is 2.53 bits per heavy atom. The molecule has 0 aromatic heterocycles. The SMILES string of the molecule is CCC(C=C[C@@H](C)[C@H]1CC[C@H]2C3=C(CC[C@]12C)[C@@]1(C)CCCCC1CC3)C(C)CO. The predicted molar refractivity (Wildman–Crippen MR) is 128 cm³/mol. The molecule has 0 amide bonds. The molecule has 170 valence electrons. The van der Waals surface area contributed by atoms with E-state index in [9.17, 15) is 5.11 Å². The fourth-order valence-electron chi connectivity index (χ4n) is 8.71. The van der Waals surface area contributed by atoms with Crippen LogP contribution in [0.1, 0.15) is 105 Å². The number of aliphatic hydroxyl groups excluding tert-OH is 1. The molecule has 1 heteroatoms. The van der Waals surface area contributed by atoms with Gasteiger partial charge in [-0.2, -0.15) is 0 Å². The maximum atomic E-state index is 9.58. The van der Waals surface area contributed by atoms with Crippen molar-refractivity contribution in [3.8, 4) is 0 Å². The van der Waals surface area contributed by atoms with Gasteiger partial charge in [0, 0.05) is 6.61 Å². The second-order valence-electron chi connectivity index (χ2n) is 12.1. The van der Waals surface area contributed by atoms with E-state index in [-0.39, 0.29) is 0 Å². The van der Waals surface area contributed by atoms with Crippen LogP contribution in [0.2, 0.25) is 0 Å². The summed E-state index contributed by atoms with van der Waals surface area (Å²) in [5, 5.41) is 9.58. The summed E-state index contributed by atoms with van der Waals surface area (Å²) in [6.45, 7) is 12.5. The lowest BCUT2D eigenvalue weighted by atomic mass is 9.51. The number of hydrogen-bond donors (Lipinski definition) is 1. The molecule has 0 heterocycles. The van der Waals surface area contributed by atoms with Gasteiger partial charge in [-0.3, -0.25) is 0 Å². The van der Waals surface area contributed by atoms with Crippen LogP contribution < -0.4 is 0 Å². The van der Waals surface area contributed by atoms with Crippen LogP contribution in [-0.4, -0.2) is 11.7 Å². The summed E-state index contributed by atoms with van der Waals surface area (Å²) in [7, 11) is 0. The number of allylic oxidation sites excluding steroid dienone is 4. The second-order valence-corrected chi connectivity index (χ2v) is 12.1. The Labute approximate surface area is 186 Å². The van der Waals surface area contributed by atoms with Crippen LogP contribution in [0.4, 0.5) is 0 Å². The minimum Gasteiger partial charge on any atom is -0.396 e. The van der Waals surface area contributed by atoms with Crippen LogP contribution >= 0.6 is 0 Å². The van der Waals surface area contributed by atoms with Crippen LogP contribution in [0.3, 0.4) is 0 Å². The zero-order valence-corrected chi connectivity index (χ0v) is 20.6. The highest BCUT2D eigenvalue weighted by molar-refractivity contribution is 5.34. The molecule has 1 N–H and O–H groups in total. The van der Waals surface area contributed by atoms with Gasteiger partial charge >= 0.3 is 0 Å². The van der Waals surface area contributed by atoms with E-state index in [1.807, 2.05) is 11.1 Å². The highest BCUT2D eigenvalue weighted by Crippen LogP contribution is 2.65. The summed E-state index contributed by atoms with van der Waals surface area (Å²) in [5.74, 6) is 4.21. The minimum atomic E-state index is 0.303. The normalized spacial score (nSPS) is 41.9. The zero-order chi connectivity index (χ0) is 21.5. The van der Waals surface area contributed by atoms with Crippen molar-refractivity contribution in [3.05, 3.63) is 23.3 Å². The van der Waals surface area contributed by atoms with E-state index in [0.717, 1.165) is 24.2 Å². The Hall–Kier alpha value is -0.560. The number of rotatable bonds is 6. The van der Waals surface area contributed by atoms with Gasteiger partial charge in [0.15, 0.2) is 0 Å². The molecular formula is C29H48O. The lowest BCUT2D eigenvalue weighted by Gasteiger charge is -2.54. The van der Waals surface area contributed by atoms with E-state index in [2.05, 4.69) is 46.8 Å². The van der Waals surface area contributed by atoms with Crippen LogP contribution in [0.25, 0.3) is 0 Å². The van der Waals surface area contributed by atoms with Crippen molar-refractivity contribution in [2.75, 3.05) is 6.61 Å². The van der Waals surface area contributed by atoms with Gasteiger partial charge in [0.1, 0.15) is 0 Å². The molecule has 0 bridgehead atoms. The van der Waals surface area contributed by atoms with Gasteiger partial charge in [0.25, 0.3) is 0 Å². The van der Waals surface area contributed by atoms with Crippen molar-refractivity contribution in [2.24, 2.45) is 46.3 Å². The Balaban J connectivity index is 1.54. The Kier molecular flexibility index (Phi) is 6.61. The average Bonchev–Trinajstić information content (AvgIpc) is 3.10. The third-order valence-corrected chi connectivity index (χ3v) is 10.8. The number of aliphatic hydroxyl groups is 1. The minimum absolute atomic E-state index is 0.303. The lowest BCUT2D eigenvalue weighted by Crippen LogP contribution is -2.43. The predicted octanol–water partition coefficient (Wildman–Crippen LogP) is 7.95. The van der Waals surface area contributed by atoms with Gasteiger partial charge < -0.3 is 5.11 Å². The van der Waals surface area contributed by atoms with E-state index in [0.29, 0.717) is 35.2 Å². The van der Waals surface area contributed by atoms with Crippen molar-refractivity contribution in [1.82, 2.24) is 0 Å². The fraction of sp³-hybridized carbons (Fsp3) is 0.862. The van der Waals surface area contributed by atoms with Gasteiger partial charge in [-0.1, -0.05) is 70.8 Å². The highest BCUT2D eigenvalue weighted by atomic mass is 16.3. The van der Waals surface area contributed by atoms with Crippen LogP contribution in [-0.2, 0) is 0 Å². The third-order valence-electron chi connectivity index (χ3n) is 10.8. The van der Waals surface area contributed by atoms with Gasteiger partial charge in [-0.25, -0.2) is 0 Å². The van der Waals surface area contributed by atoms with Gasteiger partial charge in [0.2, 0.25) is 0 Å². The standard InChI is InChI=1S/C29H48O/c1-6-22(21(3)19-30)11-10-20(2)25-14-15-26-24-13-12-23-9-7-8-17-28(23,4)27(24)16-18-29(25,26)5/h10-11,20-23,25-26,30H,6-9,12-19H2,1-5H3/t20-,21?,22?,23?,25-,26+,28+,29-/m1/s1. The van der Waals surface area contributed by atoms with Crippen molar-refractivity contribution in [2.45, 2.75) is 105 Å². The van der Waals surface area contributed by atoms with Crippen molar-refractivity contribution >= 4 is 0 Å². The first-order chi connectivity index (χ1) is 14.3. The van der Waals surface area contributed by atoms with E-state index < -0.39 is 0 Å². The number of hydrogen-bond acceptors (Lipinski definition) is 1. The van der Waals surface area contributed by atoms with E-state index in [1.54, 1.807) is 0 Å². The molecule has 4 rings (SSSR count). The fourth-order valence-corrected chi connectivity index (χ4v) is 8.71. The van der Waals surface area contributed by atoms with Crippen LogP contribution in [0, 0.1) is 46.3 Å². The summed E-state index contributed by atoms with van der Waals surface area (Å²) in [6.07, 6.45) is 20.5. The first-order valence-electron chi connectivity index (χ1n) is 13.4. The monoisotopic (exact) mass is 412 g/mol. The van der Waals surface area contributed by atoms with E-state index in [1.165, 1.54) is 64.2 Å². The Morgan fingerprint density at radius 2 is 1.80 bits per heavy atom. The van der Waals surface area contributed by atoms with Gasteiger partial charge in [-0.05, 0) is 104 Å². The zero-order valence-electron chi connectivity index (χ0n) is 20.6. The lowest BCUT2D eigenvalue weighted by molar-refractivity contribution is 0.0746. The van der Waals surface area contributed by atoms with E-state index in [4.69, 9.17) is 0 Å². The number of fused-ring (bicyclic) bond motifs is 4. The summed E-state index contributed by atoms with van der Waals surface area (Å²) in [5.41, 5.74) is 4.95. The molecule has 0 aliphatic heterocycles. The van der Waals surface area contributed by atoms with Crippen LogP contribution in [0.5, 0.6) is 0 Å². The summed E-state index contributed by atoms with van der Waals surface area (Å²) in [6, 6.07) is 0. The molecule has 1 nitrogen and oxygen atoms in total. The first kappa shape index (κ1) is 22.6. The largest absolute Gasteiger partial charge is 0.396 e. The maximum Gasteiger partial charge on any atom is 0.0462 e. The molecule has 0 aromatic carbocycles. The molecule has 0 aromatic rings. The molecule has 0 saturated heterocycles. The molecule has 2 saturated carbocycles. The molecule has 4 aliphatic carbocycles. The molecule has 0 radical (unpaired) electrons. The molecular weight excluding hydrogens is 364 g/mol. The van der Waals surface area contributed by atoms with E-state index >= 15 is 0 Å². The summed E-state index contributed by atoms with van der Waals surface area (Å²) < 4.78 is 0. The smallest absolute Gasteiger partial charge is 0.0462 e. The molecule has 3 unspecified atom stereocenters. The first-order valence-corrected chi connectivity index (χ1v) is 13.4. The summed E-state index contributed by atoms with van der Waals surface area (Å²) in [4.78, 5) is 0. The van der Waals surface area contributed by atoms with Crippen molar-refractivity contribution in [3.63, 3.8) is 0 Å². The molecule has 2 fully saturated rings. The molecule has 0 spiro atoms. The quantitative estimate of drug-likeness (QED) is 0.439. The highest BCUT2D eigenvalue weighted by Gasteiger charge is 2.55. The topological polar surface area (TPSA) is 20.2 Å². The maximum absolute atomic E-state index is 9.58. The van der Waals surface area contributed by atoms with Gasteiger partial charge in [-0.15, -0.1) is 0 Å². The summed E-state index contributed by atoms with van der Waals surface area (Å²) >= 11 is 0. The average molecular weight is 413 g/mol. The Bertz CT molecular complexity index is 674. The van der Waals surface area contributed by atoms with Crippen molar-refractivity contribution < 1.29 is 5.11 Å². The molecule has 8 atom stereocenters. The Morgan fingerprint density at radius 1 is 1.00 bits per heavy atom. The van der Waals surface area contributed by atoms with Crippen LogP contribution in [0.15, 0.2) is 23.3 Å². The molecule has 4 aliphatic rings. The third kappa shape index (κ3) is 3.66. The van der Waals surface area contributed by atoms with Crippen molar-refractivity contribution in [1.29, 1.82) is 0 Å².